The van der Waals surface area contributed by atoms with Crippen LogP contribution in [0.4, 0.5) is 5.13 Å². The maximum Gasteiger partial charge on any atom is 0.263 e. The van der Waals surface area contributed by atoms with Crippen LogP contribution in [-0.2, 0) is 0 Å². The molecule has 0 saturated heterocycles. The number of fused-ring (bicyclic) bond motifs is 2. The number of hydrogen-bond donors (Lipinski definition) is 0. The van der Waals surface area contributed by atoms with Gasteiger partial charge in [0, 0.05) is 6.54 Å². The number of amides is 1. The average molecular weight is 516 g/mol. The summed E-state index contributed by atoms with van der Waals surface area (Å²) in [5.74, 6) is 1.72. The van der Waals surface area contributed by atoms with Crippen molar-refractivity contribution in [1.29, 1.82) is 0 Å². The van der Waals surface area contributed by atoms with Crippen molar-refractivity contribution < 1.29 is 19.0 Å². The van der Waals surface area contributed by atoms with E-state index in [-0.39, 0.29) is 18.3 Å². The van der Waals surface area contributed by atoms with Crippen molar-refractivity contribution in [3.63, 3.8) is 0 Å². The number of ether oxygens (including phenoxy) is 3. The Bertz CT molecular complexity index is 1280. The highest BCUT2D eigenvalue weighted by molar-refractivity contribution is 7.22. The number of halogens is 1. The summed E-state index contributed by atoms with van der Waals surface area (Å²) in [5.41, 5.74) is 1.18. The first kappa shape index (κ1) is 26.5. The van der Waals surface area contributed by atoms with E-state index in [1.165, 1.54) is 11.3 Å². The second-order valence-corrected chi connectivity index (χ2v) is 9.14. The number of thiazole rings is 1. The van der Waals surface area contributed by atoms with Crippen LogP contribution in [0.1, 0.15) is 16.8 Å². The molecule has 0 bridgehead atoms. The molecule has 0 atom stereocenters. The lowest BCUT2D eigenvalue weighted by Gasteiger charge is -2.22. The van der Waals surface area contributed by atoms with E-state index in [0.717, 1.165) is 28.4 Å². The summed E-state index contributed by atoms with van der Waals surface area (Å²) >= 11 is 1.42. The number of benzene rings is 3. The number of aromatic nitrogens is 1. The fraction of sp³-hybridized carbons (Fsp3) is 0.308. The lowest BCUT2D eigenvalue weighted by atomic mass is 10.0. The van der Waals surface area contributed by atoms with Crippen LogP contribution < -0.4 is 19.1 Å². The molecule has 0 aliphatic rings. The third kappa shape index (κ3) is 5.45. The van der Waals surface area contributed by atoms with Crippen molar-refractivity contribution >= 4 is 55.8 Å². The van der Waals surface area contributed by atoms with Gasteiger partial charge in [-0.3, -0.25) is 9.69 Å². The quantitative estimate of drug-likeness (QED) is 0.293. The van der Waals surface area contributed by atoms with Crippen LogP contribution in [0.2, 0.25) is 0 Å². The summed E-state index contributed by atoms with van der Waals surface area (Å²) in [6.45, 7) is 1.35. The van der Waals surface area contributed by atoms with Crippen molar-refractivity contribution in [2.75, 3.05) is 53.4 Å². The van der Waals surface area contributed by atoms with E-state index in [9.17, 15) is 4.79 Å². The highest BCUT2D eigenvalue weighted by Crippen LogP contribution is 2.41. The van der Waals surface area contributed by atoms with Crippen molar-refractivity contribution in [3.8, 4) is 17.2 Å². The molecule has 0 N–H and O–H groups in total. The Hall–Kier alpha value is -3.07. The number of rotatable bonds is 9. The molecule has 0 radical (unpaired) electrons. The lowest BCUT2D eigenvalue weighted by molar-refractivity contribution is 0.0983. The van der Waals surface area contributed by atoms with Crippen LogP contribution >= 0.6 is 23.7 Å². The van der Waals surface area contributed by atoms with E-state index >= 15 is 0 Å². The van der Waals surface area contributed by atoms with E-state index in [2.05, 4.69) is 4.90 Å². The molecule has 0 aliphatic heterocycles. The van der Waals surface area contributed by atoms with Gasteiger partial charge in [0.05, 0.1) is 26.9 Å². The Balaban J connectivity index is 0.00000342. The van der Waals surface area contributed by atoms with Gasteiger partial charge in [0.1, 0.15) is 27.5 Å². The molecule has 35 heavy (non-hydrogen) atoms. The molecule has 9 heteroatoms. The van der Waals surface area contributed by atoms with Gasteiger partial charge in [-0.15, -0.1) is 12.4 Å². The van der Waals surface area contributed by atoms with Gasteiger partial charge in [0.25, 0.3) is 5.91 Å². The molecule has 7 nitrogen and oxygen atoms in total. The fourth-order valence-corrected chi connectivity index (χ4v) is 5.02. The Labute approximate surface area is 215 Å². The zero-order valence-electron chi connectivity index (χ0n) is 20.5. The van der Waals surface area contributed by atoms with Crippen LogP contribution in [0.5, 0.6) is 17.2 Å². The zero-order valence-corrected chi connectivity index (χ0v) is 22.2. The minimum Gasteiger partial charge on any atom is -0.496 e. The number of carbonyl (C=O) groups excluding carboxylic acids is 1. The standard InChI is InChI=1S/C26H29N3O4S.ClH/c1-28(2)13-8-14-29(26-27-23-20(31-3)11-12-21(32-4)24(23)34-26)25(30)19-15-17-9-6-7-10-18(17)16-22(19)33-5;/h6-7,9-12,15-16H,8,13-14H2,1-5H3;1H. The van der Waals surface area contributed by atoms with Crippen LogP contribution in [-0.4, -0.2) is 64.3 Å². The van der Waals surface area contributed by atoms with E-state index in [1.807, 2.05) is 62.6 Å². The summed E-state index contributed by atoms with van der Waals surface area (Å²) in [5, 5.41) is 2.59. The number of nitrogens with zero attached hydrogens (tertiary/aromatic N) is 3. The molecular formula is C26H30ClN3O4S. The second-order valence-electron chi connectivity index (χ2n) is 8.16. The third-order valence-electron chi connectivity index (χ3n) is 5.66. The largest absolute Gasteiger partial charge is 0.496 e. The predicted molar refractivity (Wildman–Crippen MR) is 145 cm³/mol. The van der Waals surface area contributed by atoms with Crippen LogP contribution in [0, 0.1) is 0 Å². The first-order chi connectivity index (χ1) is 16.5. The Morgan fingerprint density at radius 3 is 2.14 bits per heavy atom. The molecule has 4 rings (SSSR count). The molecule has 4 aromatic rings. The van der Waals surface area contributed by atoms with Gasteiger partial charge in [0.15, 0.2) is 5.13 Å². The van der Waals surface area contributed by atoms with E-state index in [1.54, 1.807) is 26.2 Å². The van der Waals surface area contributed by atoms with Gasteiger partial charge in [-0.2, -0.15) is 0 Å². The Morgan fingerprint density at radius 1 is 0.886 bits per heavy atom. The molecule has 186 valence electrons. The monoisotopic (exact) mass is 515 g/mol. The van der Waals surface area contributed by atoms with Crippen molar-refractivity contribution in [3.05, 3.63) is 54.1 Å². The average Bonchev–Trinajstić information content (AvgIpc) is 3.29. The van der Waals surface area contributed by atoms with Gasteiger partial charge in [-0.05, 0) is 62.1 Å². The first-order valence-corrected chi connectivity index (χ1v) is 11.8. The number of carbonyl (C=O) groups is 1. The summed E-state index contributed by atoms with van der Waals surface area (Å²) < 4.78 is 17.5. The smallest absolute Gasteiger partial charge is 0.263 e. The molecule has 0 spiro atoms. The van der Waals surface area contributed by atoms with Gasteiger partial charge >= 0.3 is 0 Å². The van der Waals surface area contributed by atoms with Gasteiger partial charge in [-0.25, -0.2) is 4.98 Å². The third-order valence-corrected chi connectivity index (χ3v) is 6.75. The maximum atomic E-state index is 14.0. The number of hydrogen-bond acceptors (Lipinski definition) is 7. The van der Waals surface area contributed by atoms with Crippen LogP contribution in [0.25, 0.3) is 21.0 Å². The number of methoxy groups -OCH3 is 3. The highest BCUT2D eigenvalue weighted by Gasteiger charge is 2.26. The van der Waals surface area contributed by atoms with E-state index in [0.29, 0.717) is 40.0 Å². The van der Waals surface area contributed by atoms with Crippen LogP contribution in [0.3, 0.4) is 0 Å². The van der Waals surface area contributed by atoms with E-state index in [4.69, 9.17) is 19.2 Å². The molecule has 0 saturated carbocycles. The highest BCUT2D eigenvalue weighted by atomic mass is 35.5. The molecule has 0 unspecified atom stereocenters. The van der Waals surface area contributed by atoms with Gasteiger partial charge in [-0.1, -0.05) is 35.6 Å². The molecular weight excluding hydrogens is 486 g/mol. The summed E-state index contributed by atoms with van der Waals surface area (Å²) in [7, 11) is 8.86. The molecule has 1 amide bonds. The Kier molecular flexibility index (Phi) is 8.77. The van der Waals surface area contributed by atoms with Gasteiger partial charge in [0.2, 0.25) is 0 Å². The maximum absolute atomic E-state index is 14.0. The van der Waals surface area contributed by atoms with Crippen LogP contribution in [0.15, 0.2) is 48.5 Å². The summed E-state index contributed by atoms with van der Waals surface area (Å²) in [4.78, 5) is 22.6. The molecule has 1 heterocycles. The fourth-order valence-electron chi connectivity index (χ4n) is 3.92. The molecule has 0 fully saturated rings. The SMILES string of the molecule is COc1cc2ccccc2cc1C(=O)N(CCCN(C)C)c1nc2c(OC)ccc(OC)c2s1.Cl. The molecule has 1 aromatic heterocycles. The molecule has 0 aliphatic carbocycles. The van der Waals surface area contributed by atoms with E-state index < -0.39 is 0 Å². The van der Waals surface area contributed by atoms with Crippen molar-refractivity contribution in [1.82, 2.24) is 9.88 Å². The second kappa shape index (κ2) is 11.6. The first-order valence-electron chi connectivity index (χ1n) is 11.0. The molecule has 3 aromatic carbocycles. The normalized spacial score (nSPS) is 10.9. The van der Waals surface area contributed by atoms with Crippen molar-refractivity contribution in [2.24, 2.45) is 0 Å². The topological polar surface area (TPSA) is 64.1 Å². The number of anilines is 1. The zero-order chi connectivity index (χ0) is 24.2. The minimum absolute atomic E-state index is 0. The minimum atomic E-state index is -0.154. The summed E-state index contributed by atoms with van der Waals surface area (Å²) in [6.07, 6.45) is 0.791. The predicted octanol–water partition coefficient (Wildman–Crippen LogP) is 5.50. The van der Waals surface area contributed by atoms with Crippen molar-refractivity contribution in [2.45, 2.75) is 6.42 Å². The lowest BCUT2D eigenvalue weighted by Crippen LogP contribution is -2.33. The Morgan fingerprint density at radius 2 is 1.51 bits per heavy atom. The van der Waals surface area contributed by atoms with Gasteiger partial charge < -0.3 is 19.1 Å². The summed E-state index contributed by atoms with van der Waals surface area (Å²) in [6, 6.07) is 15.4.